The lowest BCUT2D eigenvalue weighted by atomic mass is 10.3. The molecule has 1 aromatic carbocycles. The van der Waals surface area contributed by atoms with E-state index in [4.69, 9.17) is 11.6 Å². The molecule has 4 nitrogen and oxygen atoms in total. The van der Waals surface area contributed by atoms with Gasteiger partial charge >= 0.3 is 0 Å². The third-order valence-corrected chi connectivity index (χ3v) is 5.86. The van der Waals surface area contributed by atoms with Gasteiger partial charge in [0.05, 0.1) is 15.7 Å². The maximum Gasteiger partial charge on any atom is 0.242 e. The number of aromatic nitrogens is 1. The number of rotatable bonds is 5. The van der Waals surface area contributed by atoms with E-state index in [2.05, 4.69) is 9.71 Å². The third-order valence-electron chi connectivity index (χ3n) is 2.77. The van der Waals surface area contributed by atoms with Crippen molar-refractivity contribution >= 4 is 33.0 Å². The molecule has 2 aromatic rings. The Kier molecular flexibility index (Phi) is 4.80. The zero-order chi connectivity index (χ0) is 14.8. The number of hydrogen-bond donors (Lipinski definition) is 1. The molecule has 0 spiro atoms. The zero-order valence-electron chi connectivity index (χ0n) is 11.2. The molecule has 0 radical (unpaired) electrons. The fourth-order valence-electron chi connectivity index (χ4n) is 1.84. The predicted molar refractivity (Wildman–Crippen MR) is 81.9 cm³/mol. The molecular formula is C13H15ClN2O2S2. The zero-order valence-corrected chi connectivity index (χ0v) is 13.6. The minimum atomic E-state index is -3.56. The Hall–Kier alpha value is -0.950. The maximum absolute atomic E-state index is 12.1. The first kappa shape index (κ1) is 15.4. The van der Waals surface area contributed by atoms with Gasteiger partial charge in [-0.2, -0.15) is 0 Å². The van der Waals surface area contributed by atoms with Gasteiger partial charge in [-0.3, -0.25) is 0 Å². The molecule has 1 heterocycles. The summed E-state index contributed by atoms with van der Waals surface area (Å²) >= 11 is 7.50. The first-order valence-electron chi connectivity index (χ1n) is 6.07. The number of hydrogen-bond acceptors (Lipinski definition) is 4. The van der Waals surface area contributed by atoms with Crippen molar-refractivity contribution in [2.75, 3.05) is 6.54 Å². The molecule has 0 aliphatic heterocycles. The largest absolute Gasteiger partial charge is 0.247 e. The molecule has 0 aliphatic carbocycles. The maximum atomic E-state index is 12.1. The fraction of sp³-hybridized carbons (Fsp3) is 0.308. The van der Waals surface area contributed by atoms with Gasteiger partial charge in [0.1, 0.15) is 4.90 Å². The lowest BCUT2D eigenvalue weighted by Crippen LogP contribution is -2.26. The topological polar surface area (TPSA) is 59.1 Å². The monoisotopic (exact) mass is 330 g/mol. The van der Waals surface area contributed by atoms with Crippen LogP contribution in [0.5, 0.6) is 0 Å². The standard InChI is InChI=1S/C13H15ClN2O2S2/c1-9-12(19-10(2)16-9)7-8-15-20(17,18)13-6-4-3-5-11(13)14/h3-6,15H,7-8H2,1-2H3. The number of thiazole rings is 1. The summed E-state index contributed by atoms with van der Waals surface area (Å²) in [6.45, 7) is 4.20. The molecule has 2 rings (SSSR count). The van der Waals surface area contributed by atoms with E-state index in [0.717, 1.165) is 15.6 Å². The van der Waals surface area contributed by atoms with E-state index < -0.39 is 10.0 Å². The van der Waals surface area contributed by atoms with Crippen LogP contribution in [0.2, 0.25) is 5.02 Å². The number of benzene rings is 1. The Morgan fingerprint density at radius 2 is 2.00 bits per heavy atom. The van der Waals surface area contributed by atoms with Crippen LogP contribution in [0.3, 0.4) is 0 Å². The van der Waals surface area contributed by atoms with Crippen molar-refractivity contribution in [3.63, 3.8) is 0 Å². The highest BCUT2D eigenvalue weighted by Gasteiger charge is 2.17. The van der Waals surface area contributed by atoms with Crippen LogP contribution < -0.4 is 4.72 Å². The quantitative estimate of drug-likeness (QED) is 0.917. The summed E-state index contributed by atoms with van der Waals surface area (Å²) in [6.07, 6.45) is 0.626. The fourth-order valence-corrected chi connectivity index (χ4v) is 4.33. The van der Waals surface area contributed by atoms with Crippen molar-refractivity contribution in [1.82, 2.24) is 9.71 Å². The summed E-state index contributed by atoms with van der Waals surface area (Å²) in [5, 5.41) is 1.22. The van der Waals surface area contributed by atoms with Crippen LogP contribution >= 0.6 is 22.9 Å². The molecule has 0 aliphatic rings. The van der Waals surface area contributed by atoms with Crippen LogP contribution in [0.15, 0.2) is 29.2 Å². The predicted octanol–water partition coefficient (Wildman–Crippen LogP) is 2.93. The highest BCUT2D eigenvalue weighted by atomic mass is 35.5. The Bertz CT molecular complexity index is 711. The molecule has 0 amide bonds. The number of sulfonamides is 1. The Balaban J connectivity index is 2.04. The molecule has 0 atom stereocenters. The smallest absolute Gasteiger partial charge is 0.242 e. The van der Waals surface area contributed by atoms with Crippen molar-refractivity contribution in [3.8, 4) is 0 Å². The molecule has 1 aromatic heterocycles. The van der Waals surface area contributed by atoms with Crippen molar-refractivity contribution < 1.29 is 8.42 Å². The van der Waals surface area contributed by atoms with E-state index in [1.807, 2.05) is 13.8 Å². The molecule has 0 saturated carbocycles. The normalized spacial score (nSPS) is 11.8. The van der Waals surface area contributed by atoms with Crippen LogP contribution in [-0.4, -0.2) is 19.9 Å². The number of nitrogens with one attached hydrogen (secondary N) is 1. The molecule has 0 unspecified atom stereocenters. The molecule has 108 valence electrons. The number of nitrogens with zero attached hydrogens (tertiary/aromatic N) is 1. The van der Waals surface area contributed by atoms with Crippen LogP contribution in [-0.2, 0) is 16.4 Å². The Labute approximate surface area is 127 Å². The Morgan fingerprint density at radius 3 is 2.60 bits per heavy atom. The van der Waals surface area contributed by atoms with Gasteiger partial charge in [0.15, 0.2) is 0 Å². The van der Waals surface area contributed by atoms with Gasteiger partial charge in [0.2, 0.25) is 10.0 Å². The van der Waals surface area contributed by atoms with E-state index in [1.165, 1.54) is 6.07 Å². The molecule has 0 fully saturated rings. The first-order valence-corrected chi connectivity index (χ1v) is 8.75. The van der Waals surface area contributed by atoms with Crippen molar-refractivity contribution in [2.24, 2.45) is 0 Å². The van der Waals surface area contributed by atoms with Gasteiger partial charge in [-0.25, -0.2) is 18.1 Å². The van der Waals surface area contributed by atoms with Crippen LogP contribution in [0.25, 0.3) is 0 Å². The van der Waals surface area contributed by atoms with Gasteiger partial charge < -0.3 is 0 Å². The van der Waals surface area contributed by atoms with Gasteiger partial charge in [0.25, 0.3) is 0 Å². The second-order valence-corrected chi connectivity index (χ2v) is 7.75. The minimum absolute atomic E-state index is 0.110. The summed E-state index contributed by atoms with van der Waals surface area (Å²) in [7, 11) is -3.56. The average Bonchev–Trinajstić information content (AvgIpc) is 2.68. The van der Waals surface area contributed by atoms with Crippen LogP contribution in [0.4, 0.5) is 0 Å². The summed E-state index contributed by atoms with van der Waals surface area (Å²) in [4.78, 5) is 5.53. The second-order valence-electron chi connectivity index (χ2n) is 4.32. The molecule has 0 saturated heterocycles. The van der Waals surface area contributed by atoms with Gasteiger partial charge in [-0.1, -0.05) is 23.7 Å². The summed E-state index contributed by atoms with van der Waals surface area (Å²) in [5.74, 6) is 0. The van der Waals surface area contributed by atoms with Gasteiger partial charge in [-0.05, 0) is 32.4 Å². The molecule has 1 N–H and O–H groups in total. The van der Waals surface area contributed by atoms with Crippen LogP contribution in [0, 0.1) is 13.8 Å². The summed E-state index contributed by atoms with van der Waals surface area (Å²) < 4.78 is 26.8. The lowest BCUT2D eigenvalue weighted by Gasteiger charge is -2.07. The number of halogens is 1. The summed E-state index contributed by atoms with van der Waals surface area (Å²) in [6, 6.07) is 6.40. The van der Waals surface area contributed by atoms with E-state index in [-0.39, 0.29) is 9.92 Å². The highest BCUT2D eigenvalue weighted by Crippen LogP contribution is 2.21. The van der Waals surface area contributed by atoms with Gasteiger partial charge in [0, 0.05) is 11.4 Å². The minimum Gasteiger partial charge on any atom is -0.247 e. The third kappa shape index (κ3) is 3.58. The molecule has 20 heavy (non-hydrogen) atoms. The van der Waals surface area contributed by atoms with E-state index in [1.54, 1.807) is 29.5 Å². The average molecular weight is 331 g/mol. The first-order chi connectivity index (χ1) is 9.40. The van der Waals surface area contributed by atoms with Crippen molar-refractivity contribution in [1.29, 1.82) is 0 Å². The molecular weight excluding hydrogens is 316 g/mol. The Morgan fingerprint density at radius 1 is 1.30 bits per heavy atom. The van der Waals surface area contributed by atoms with Gasteiger partial charge in [-0.15, -0.1) is 11.3 Å². The van der Waals surface area contributed by atoms with E-state index >= 15 is 0 Å². The summed E-state index contributed by atoms with van der Waals surface area (Å²) in [5.41, 5.74) is 0.962. The second kappa shape index (κ2) is 6.22. The lowest BCUT2D eigenvalue weighted by molar-refractivity contribution is 0.582. The number of aryl methyl sites for hydroxylation is 2. The SMILES string of the molecule is Cc1nc(C)c(CCNS(=O)(=O)c2ccccc2Cl)s1. The van der Waals surface area contributed by atoms with E-state index in [0.29, 0.717) is 13.0 Å². The van der Waals surface area contributed by atoms with Crippen LogP contribution in [0.1, 0.15) is 15.6 Å². The highest BCUT2D eigenvalue weighted by molar-refractivity contribution is 7.89. The van der Waals surface area contributed by atoms with E-state index in [9.17, 15) is 8.42 Å². The molecule has 7 heteroatoms. The van der Waals surface area contributed by atoms with Crippen molar-refractivity contribution in [2.45, 2.75) is 25.2 Å². The van der Waals surface area contributed by atoms with Crippen molar-refractivity contribution in [3.05, 3.63) is 44.9 Å². The molecule has 0 bridgehead atoms.